The molecule has 0 aliphatic carbocycles. The standard InChI is InChI=1S/C30H22SSe/c1-3-13-23(14-4-1)25-17-7-10-20-28(25)32(31-24-15-5-2-6-16-24)29-21-11-8-18-26(29)27-19-9-12-22-30(27)32/h1-22H. The normalized spacial score (nSPS) is 14.4. The van der Waals surface area contributed by atoms with Crippen molar-refractivity contribution < 1.29 is 0 Å². The molecule has 154 valence electrons. The third kappa shape index (κ3) is 3.07. The molecule has 0 saturated carbocycles. The second-order valence-electron chi connectivity index (χ2n) is 7.81. The maximum absolute atomic E-state index is 2.66. The molecular formula is C30H22SSe. The molecule has 0 atom stereocenters. The van der Waals surface area contributed by atoms with Crippen LogP contribution in [-0.4, -0.2) is 11.7 Å². The summed E-state index contributed by atoms with van der Waals surface area (Å²) in [5.74, 6) is 0. The summed E-state index contributed by atoms with van der Waals surface area (Å²) in [5.41, 5.74) is 5.43. The summed E-state index contributed by atoms with van der Waals surface area (Å²) in [7, 11) is 2.10. The van der Waals surface area contributed by atoms with E-state index in [1.807, 2.05) is 0 Å². The van der Waals surface area contributed by atoms with Crippen LogP contribution in [0.15, 0.2) is 138 Å². The van der Waals surface area contributed by atoms with Gasteiger partial charge in [-0.3, -0.25) is 0 Å². The van der Waals surface area contributed by atoms with E-state index in [1.54, 1.807) is 0 Å². The Kier molecular flexibility index (Phi) is 5.00. The molecule has 1 heterocycles. The fourth-order valence-corrected chi connectivity index (χ4v) is 18.1. The zero-order valence-corrected chi connectivity index (χ0v) is 20.0. The van der Waals surface area contributed by atoms with E-state index >= 15 is 0 Å². The van der Waals surface area contributed by atoms with E-state index in [0.29, 0.717) is 0 Å². The summed E-state index contributed by atoms with van der Waals surface area (Å²) in [6.07, 6.45) is 0. The maximum atomic E-state index is 2.39. The van der Waals surface area contributed by atoms with Crippen LogP contribution in [0, 0.1) is 0 Å². The minimum absolute atomic E-state index is 1.29. The molecule has 1 aliphatic rings. The van der Waals surface area contributed by atoms with Gasteiger partial charge < -0.3 is 0 Å². The van der Waals surface area contributed by atoms with Gasteiger partial charge in [0.2, 0.25) is 0 Å². The second-order valence-corrected chi connectivity index (χ2v) is 17.2. The monoisotopic (exact) mass is 494 g/mol. The van der Waals surface area contributed by atoms with Crippen molar-refractivity contribution in [1.29, 1.82) is 0 Å². The summed E-state index contributed by atoms with van der Waals surface area (Å²) in [6, 6.07) is 49.1. The van der Waals surface area contributed by atoms with E-state index in [1.165, 1.54) is 40.5 Å². The van der Waals surface area contributed by atoms with Crippen LogP contribution >= 0.6 is 10.2 Å². The fraction of sp³-hybridized carbons (Fsp3) is 0. The third-order valence-electron chi connectivity index (χ3n) is 5.93. The Bertz CT molecular complexity index is 1350. The summed E-state index contributed by atoms with van der Waals surface area (Å²) >= 11 is -2.66. The van der Waals surface area contributed by atoms with Crippen LogP contribution in [0.25, 0.3) is 22.3 Å². The quantitative estimate of drug-likeness (QED) is 0.273. The molecule has 6 rings (SSSR count). The van der Waals surface area contributed by atoms with E-state index in [2.05, 4.69) is 144 Å². The van der Waals surface area contributed by atoms with Crippen LogP contribution < -0.4 is 13.4 Å². The van der Waals surface area contributed by atoms with E-state index < -0.39 is 11.7 Å². The Morgan fingerprint density at radius 3 is 1.34 bits per heavy atom. The third-order valence-corrected chi connectivity index (χ3v) is 18.4. The molecule has 0 amide bonds. The Hall–Kier alpha value is -3.03. The Balaban J connectivity index is 1.71. The van der Waals surface area contributed by atoms with Gasteiger partial charge in [0, 0.05) is 0 Å². The number of benzene rings is 5. The number of hydrogen-bond acceptors (Lipinski definition) is 1. The number of hydrogen-bond donors (Lipinski definition) is 0. The first kappa shape index (κ1) is 19.6. The van der Waals surface area contributed by atoms with Crippen molar-refractivity contribution in [3.8, 4) is 22.3 Å². The van der Waals surface area contributed by atoms with Gasteiger partial charge in [-0.25, -0.2) is 0 Å². The van der Waals surface area contributed by atoms with Crippen LogP contribution in [0.5, 0.6) is 0 Å². The van der Waals surface area contributed by atoms with Crippen LogP contribution in [0.1, 0.15) is 0 Å². The topological polar surface area (TPSA) is 0 Å². The van der Waals surface area contributed by atoms with Crippen LogP contribution in [0.4, 0.5) is 0 Å². The van der Waals surface area contributed by atoms with Gasteiger partial charge in [-0.1, -0.05) is 0 Å². The zero-order valence-electron chi connectivity index (χ0n) is 17.5. The molecule has 32 heavy (non-hydrogen) atoms. The molecule has 5 aromatic carbocycles. The Morgan fingerprint density at radius 2 is 0.781 bits per heavy atom. The van der Waals surface area contributed by atoms with Gasteiger partial charge in [0.05, 0.1) is 0 Å². The van der Waals surface area contributed by atoms with Crippen molar-refractivity contribution in [2.24, 2.45) is 0 Å². The summed E-state index contributed by atoms with van der Waals surface area (Å²) < 4.78 is 4.52. The molecule has 0 unspecified atom stereocenters. The van der Waals surface area contributed by atoms with Gasteiger partial charge in [0.25, 0.3) is 0 Å². The van der Waals surface area contributed by atoms with Gasteiger partial charge in [-0.15, -0.1) is 0 Å². The average molecular weight is 494 g/mol. The summed E-state index contributed by atoms with van der Waals surface area (Å²) in [4.78, 5) is 1.34. The SMILES string of the molecule is c1ccc(S[Se]2(c3ccccc3-c3ccccc3)c3ccccc3-c3ccccc32)cc1. The molecular weight excluding hydrogens is 471 g/mol. The Morgan fingerprint density at radius 1 is 0.375 bits per heavy atom. The predicted octanol–water partition coefficient (Wildman–Crippen LogP) is 6.09. The van der Waals surface area contributed by atoms with Gasteiger partial charge in [0.15, 0.2) is 0 Å². The molecule has 0 aromatic heterocycles. The van der Waals surface area contributed by atoms with E-state index in [-0.39, 0.29) is 0 Å². The van der Waals surface area contributed by atoms with Gasteiger partial charge >= 0.3 is 196 Å². The van der Waals surface area contributed by atoms with Crippen LogP contribution in [0.2, 0.25) is 0 Å². The van der Waals surface area contributed by atoms with Gasteiger partial charge in [0.1, 0.15) is 0 Å². The first-order valence-corrected chi connectivity index (χ1v) is 16.2. The minimum atomic E-state index is -2.66. The van der Waals surface area contributed by atoms with Crippen molar-refractivity contribution >= 4 is 35.3 Å². The van der Waals surface area contributed by atoms with Gasteiger partial charge in [-0.2, -0.15) is 0 Å². The second kappa shape index (κ2) is 8.15. The van der Waals surface area contributed by atoms with Crippen molar-refractivity contribution in [2.45, 2.75) is 4.90 Å². The molecule has 0 bridgehead atoms. The van der Waals surface area contributed by atoms with E-state index in [0.717, 1.165) is 0 Å². The Labute approximate surface area is 195 Å². The molecule has 2 heteroatoms. The predicted molar refractivity (Wildman–Crippen MR) is 141 cm³/mol. The summed E-state index contributed by atoms with van der Waals surface area (Å²) in [6.45, 7) is 0. The molecule has 0 nitrogen and oxygen atoms in total. The summed E-state index contributed by atoms with van der Waals surface area (Å²) in [5, 5.41) is 0. The van der Waals surface area contributed by atoms with Crippen molar-refractivity contribution in [2.75, 3.05) is 0 Å². The molecule has 1 aliphatic heterocycles. The zero-order chi connectivity index (χ0) is 21.4. The van der Waals surface area contributed by atoms with Crippen molar-refractivity contribution in [3.05, 3.63) is 133 Å². The van der Waals surface area contributed by atoms with Crippen molar-refractivity contribution in [3.63, 3.8) is 0 Å². The number of rotatable bonds is 4. The van der Waals surface area contributed by atoms with E-state index in [4.69, 9.17) is 0 Å². The van der Waals surface area contributed by atoms with Crippen LogP contribution in [0.3, 0.4) is 0 Å². The van der Waals surface area contributed by atoms with Crippen molar-refractivity contribution in [1.82, 2.24) is 0 Å². The number of fused-ring (bicyclic) bond motifs is 3. The first-order chi connectivity index (χ1) is 15.9. The molecule has 0 fully saturated rings. The molecule has 5 aromatic rings. The fourth-order valence-electron chi connectivity index (χ4n) is 4.56. The molecule has 0 radical (unpaired) electrons. The average Bonchev–Trinajstić information content (AvgIpc) is 3.16. The van der Waals surface area contributed by atoms with Crippen LogP contribution in [-0.2, 0) is 0 Å². The first-order valence-electron chi connectivity index (χ1n) is 10.8. The molecule has 0 spiro atoms. The van der Waals surface area contributed by atoms with E-state index in [9.17, 15) is 0 Å². The molecule has 0 N–H and O–H groups in total. The van der Waals surface area contributed by atoms with Gasteiger partial charge in [-0.05, 0) is 0 Å². The molecule has 0 saturated heterocycles.